The quantitative estimate of drug-likeness (QED) is 0.826. The minimum atomic E-state index is 0.114. The first kappa shape index (κ1) is 17.1. The summed E-state index contributed by atoms with van der Waals surface area (Å²) < 4.78 is 0. The standard InChI is InChI=1S/C17H26Cl2N2/c1-4-20-16(13-9-8-10-14(18)15(13)19)17(21(2)3)11-6-5-7-12-17/h8-10,16,20H,4-7,11-12H2,1-3H3. The van der Waals surface area contributed by atoms with Crippen molar-refractivity contribution in [2.45, 2.75) is 50.6 Å². The first-order chi connectivity index (χ1) is 10.0. The number of benzene rings is 1. The maximum absolute atomic E-state index is 6.52. The van der Waals surface area contributed by atoms with Gasteiger partial charge in [0.1, 0.15) is 0 Å². The molecule has 2 nitrogen and oxygen atoms in total. The van der Waals surface area contributed by atoms with Crippen LogP contribution in [0, 0.1) is 0 Å². The van der Waals surface area contributed by atoms with Crippen LogP contribution >= 0.6 is 23.2 Å². The molecular weight excluding hydrogens is 303 g/mol. The zero-order valence-corrected chi connectivity index (χ0v) is 14.8. The number of hydrogen-bond acceptors (Lipinski definition) is 2. The molecular formula is C17H26Cl2N2. The Morgan fingerprint density at radius 3 is 2.43 bits per heavy atom. The molecule has 1 aromatic rings. The van der Waals surface area contributed by atoms with Crippen molar-refractivity contribution >= 4 is 23.2 Å². The van der Waals surface area contributed by atoms with Gasteiger partial charge in [0, 0.05) is 5.54 Å². The molecule has 0 heterocycles. The van der Waals surface area contributed by atoms with Crippen molar-refractivity contribution < 1.29 is 0 Å². The molecule has 0 radical (unpaired) electrons. The molecule has 1 aliphatic carbocycles. The second-order valence-electron chi connectivity index (χ2n) is 6.19. The molecule has 0 saturated heterocycles. The van der Waals surface area contributed by atoms with Crippen molar-refractivity contribution in [3.8, 4) is 0 Å². The van der Waals surface area contributed by atoms with Crippen LogP contribution in [0.1, 0.15) is 50.6 Å². The average molecular weight is 329 g/mol. The van der Waals surface area contributed by atoms with Crippen LogP contribution in [0.25, 0.3) is 0 Å². The van der Waals surface area contributed by atoms with Crippen LogP contribution < -0.4 is 5.32 Å². The lowest BCUT2D eigenvalue weighted by Crippen LogP contribution is -2.55. The minimum absolute atomic E-state index is 0.114. The lowest BCUT2D eigenvalue weighted by Gasteiger charge is -2.49. The van der Waals surface area contributed by atoms with Crippen molar-refractivity contribution in [1.29, 1.82) is 0 Å². The number of halogens is 2. The van der Waals surface area contributed by atoms with E-state index in [9.17, 15) is 0 Å². The molecule has 1 atom stereocenters. The average Bonchev–Trinajstić information content (AvgIpc) is 2.48. The summed E-state index contributed by atoms with van der Waals surface area (Å²) in [7, 11) is 4.38. The molecule has 0 aromatic heterocycles. The molecule has 0 aliphatic heterocycles. The second kappa shape index (κ2) is 7.32. The van der Waals surface area contributed by atoms with Gasteiger partial charge in [-0.2, -0.15) is 0 Å². The van der Waals surface area contributed by atoms with E-state index in [2.05, 4.69) is 37.3 Å². The summed E-state index contributed by atoms with van der Waals surface area (Å²) in [5, 5.41) is 5.01. The fourth-order valence-electron chi connectivity index (χ4n) is 3.70. The smallest absolute Gasteiger partial charge is 0.0640 e. The zero-order chi connectivity index (χ0) is 15.5. The summed E-state index contributed by atoms with van der Waals surface area (Å²) in [5.41, 5.74) is 1.24. The van der Waals surface area contributed by atoms with Gasteiger partial charge in [-0.3, -0.25) is 0 Å². The molecule has 118 valence electrons. The summed E-state index contributed by atoms with van der Waals surface area (Å²) in [6, 6.07) is 6.19. The third-order valence-electron chi connectivity index (χ3n) is 4.85. The van der Waals surface area contributed by atoms with Gasteiger partial charge in [-0.25, -0.2) is 0 Å². The Labute approximate surface area is 138 Å². The van der Waals surface area contributed by atoms with Crippen LogP contribution in [0.5, 0.6) is 0 Å². The van der Waals surface area contributed by atoms with Crippen molar-refractivity contribution in [2.24, 2.45) is 0 Å². The van der Waals surface area contributed by atoms with E-state index in [0.717, 1.165) is 12.1 Å². The SMILES string of the molecule is CCNC(c1cccc(Cl)c1Cl)C1(N(C)C)CCCCC1. The fraction of sp³-hybridized carbons (Fsp3) is 0.647. The van der Waals surface area contributed by atoms with Gasteiger partial charge in [0.25, 0.3) is 0 Å². The van der Waals surface area contributed by atoms with E-state index in [-0.39, 0.29) is 11.6 Å². The van der Waals surface area contributed by atoms with Crippen LogP contribution in [0.4, 0.5) is 0 Å². The van der Waals surface area contributed by atoms with Crippen molar-refractivity contribution in [3.63, 3.8) is 0 Å². The third kappa shape index (κ3) is 3.39. The topological polar surface area (TPSA) is 15.3 Å². The van der Waals surface area contributed by atoms with Crippen molar-refractivity contribution in [1.82, 2.24) is 10.2 Å². The summed E-state index contributed by atoms with van der Waals surface area (Å²) in [5.74, 6) is 0. The van der Waals surface area contributed by atoms with Gasteiger partial charge < -0.3 is 10.2 Å². The molecule has 21 heavy (non-hydrogen) atoms. The van der Waals surface area contributed by atoms with Gasteiger partial charge in [-0.05, 0) is 45.1 Å². The first-order valence-electron chi connectivity index (χ1n) is 7.87. The minimum Gasteiger partial charge on any atom is -0.309 e. The predicted octanol–water partition coefficient (Wildman–Crippen LogP) is 4.91. The molecule has 1 N–H and O–H groups in total. The zero-order valence-electron chi connectivity index (χ0n) is 13.3. The van der Waals surface area contributed by atoms with E-state index < -0.39 is 0 Å². The molecule has 0 amide bonds. The molecule has 1 fully saturated rings. The monoisotopic (exact) mass is 328 g/mol. The van der Waals surface area contributed by atoms with E-state index in [1.54, 1.807) is 0 Å². The van der Waals surface area contributed by atoms with Gasteiger partial charge in [-0.1, -0.05) is 61.5 Å². The Morgan fingerprint density at radius 1 is 1.19 bits per heavy atom. The molecule has 1 unspecified atom stereocenters. The lowest BCUT2D eigenvalue weighted by molar-refractivity contribution is 0.0571. The Bertz CT molecular complexity index is 468. The highest BCUT2D eigenvalue weighted by atomic mass is 35.5. The second-order valence-corrected chi connectivity index (χ2v) is 6.98. The number of hydrogen-bond donors (Lipinski definition) is 1. The van der Waals surface area contributed by atoms with Gasteiger partial charge >= 0.3 is 0 Å². The van der Waals surface area contributed by atoms with E-state index >= 15 is 0 Å². The fourth-order valence-corrected chi connectivity index (χ4v) is 4.11. The summed E-state index contributed by atoms with van der Waals surface area (Å²) in [6.07, 6.45) is 6.27. The first-order valence-corrected chi connectivity index (χ1v) is 8.63. The molecule has 2 rings (SSSR count). The van der Waals surface area contributed by atoms with Gasteiger partial charge in [0.05, 0.1) is 16.1 Å². The summed E-state index contributed by atoms with van der Waals surface area (Å²) in [6.45, 7) is 3.07. The number of nitrogens with zero attached hydrogens (tertiary/aromatic N) is 1. The molecule has 0 bridgehead atoms. The highest BCUT2D eigenvalue weighted by Gasteiger charge is 2.42. The maximum Gasteiger partial charge on any atom is 0.0640 e. The van der Waals surface area contributed by atoms with Crippen LogP contribution in [0.15, 0.2) is 18.2 Å². The predicted molar refractivity (Wildman–Crippen MR) is 92.4 cm³/mol. The molecule has 1 saturated carbocycles. The van der Waals surface area contributed by atoms with Crippen LogP contribution in [-0.2, 0) is 0 Å². The molecule has 0 spiro atoms. The van der Waals surface area contributed by atoms with E-state index in [4.69, 9.17) is 23.2 Å². The normalized spacial score (nSPS) is 19.7. The van der Waals surface area contributed by atoms with Gasteiger partial charge in [0.2, 0.25) is 0 Å². The van der Waals surface area contributed by atoms with Crippen molar-refractivity contribution in [3.05, 3.63) is 33.8 Å². The number of likely N-dealkylation sites (N-methyl/N-ethyl adjacent to an activating group) is 2. The van der Waals surface area contributed by atoms with E-state index in [0.29, 0.717) is 10.0 Å². The largest absolute Gasteiger partial charge is 0.309 e. The Morgan fingerprint density at radius 2 is 1.86 bits per heavy atom. The van der Waals surface area contributed by atoms with Crippen LogP contribution in [0.2, 0.25) is 10.0 Å². The van der Waals surface area contributed by atoms with Crippen molar-refractivity contribution in [2.75, 3.05) is 20.6 Å². The third-order valence-corrected chi connectivity index (χ3v) is 5.68. The molecule has 4 heteroatoms. The Hall–Kier alpha value is -0.280. The van der Waals surface area contributed by atoms with Gasteiger partial charge in [-0.15, -0.1) is 0 Å². The highest BCUT2D eigenvalue weighted by molar-refractivity contribution is 6.42. The number of nitrogens with one attached hydrogen (secondary N) is 1. The van der Waals surface area contributed by atoms with Crippen LogP contribution in [-0.4, -0.2) is 31.1 Å². The van der Waals surface area contributed by atoms with Crippen LogP contribution in [0.3, 0.4) is 0 Å². The Balaban J connectivity index is 2.47. The number of rotatable bonds is 5. The van der Waals surface area contributed by atoms with Gasteiger partial charge in [0.15, 0.2) is 0 Å². The maximum atomic E-state index is 6.52. The molecule has 1 aliphatic rings. The molecule has 1 aromatic carbocycles. The van der Waals surface area contributed by atoms with E-state index in [1.165, 1.54) is 32.1 Å². The summed E-state index contributed by atoms with van der Waals surface area (Å²) >= 11 is 12.8. The summed E-state index contributed by atoms with van der Waals surface area (Å²) in [4.78, 5) is 2.39. The lowest BCUT2D eigenvalue weighted by atomic mass is 9.73. The highest BCUT2D eigenvalue weighted by Crippen LogP contribution is 2.44. The Kier molecular flexibility index (Phi) is 5.96. The van der Waals surface area contributed by atoms with E-state index in [1.807, 2.05) is 12.1 Å².